The van der Waals surface area contributed by atoms with Crippen LogP contribution in [0.15, 0.2) is 35.1 Å². The molecule has 0 bridgehead atoms. The number of aliphatic hydroxyl groups is 3. The highest BCUT2D eigenvalue weighted by atomic mass is 32.2. The van der Waals surface area contributed by atoms with E-state index in [0.717, 1.165) is 25.7 Å². The number of ketones is 3. The molecule has 0 saturated heterocycles. The van der Waals surface area contributed by atoms with Gasteiger partial charge in [-0.15, -0.1) is 0 Å². The first-order valence-corrected chi connectivity index (χ1v) is 19.7. The van der Waals surface area contributed by atoms with Crippen LogP contribution in [0.25, 0.3) is 5.76 Å². The van der Waals surface area contributed by atoms with Crippen molar-refractivity contribution in [3.8, 4) is 5.75 Å². The number of nitrogens with zero attached hydrogens (tertiary/aromatic N) is 1. The summed E-state index contributed by atoms with van der Waals surface area (Å²) in [4.78, 5) is 68.6. The van der Waals surface area contributed by atoms with Gasteiger partial charge in [0.25, 0.3) is 0 Å². The molecule has 290 valence electrons. The highest BCUT2D eigenvalue weighted by Gasteiger charge is 2.69. The maximum atomic E-state index is 14.9. The van der Waals surface area contributed by atoms with E-state index in [1.807, 2.05) is 0 Å². The minimum Gasteiger partial charge on any atom is -0.508 e. The number of phenolic OH excluding ortho intramolecular Hbond substituents is 1. The first-order chi connectivity index (χ1) is 25.2. The van der Waals surface area contributed by atoms with Crippen molar-refractivity contribution in [3.05, 3.63) is 46.2 Å². The number of carbonyl (C=O) groups is 5. The maximum absolute atomic E-state index is 14.9. The highest BCUT2D eigenvalue weighted by Crippen LogP contribution is 2.58. The molecule has 14 heteroatoms. The zero-order valence-electron chi connectivity index (χ0n) is 30.6. The number of Topliss-reactive ketones (excluding diaryl/α,β-unsaturated/α-hetero) is 3. The van der Waals surface area contributed by atoms with Crippen molar-refractivity contribution in [2.75, 3.05) is 19.8 Å². The van der Waals surface area contributed by atoms with Gasteiger partial charge in [0.1, 0.15) is 35.0 Å². The summed E-state index contributed by atoms with van der Waals surface area (Å²) in [5.41, 5.74) is 2.10. The molecule has 4 aliphatic rings. The van der Waals surface area contributed by atoms with Gasteiger partial charge in [0.05, 0.1) is 17.5 Å². The normalized spacial score (nSPS) is 27.8. The van der Waals surface area contributed by atoms with E-state index in [1.165, 1.54) is 25.1 Å². The fourth-order valence-electron chi connectivity index (χ4n) is 8.70. The largest absolute Gasteiger partial charge is 0.508 e. The number of carboxylic acid groups (broad SMARTS) is 1. The molecule has 2 saturated carbocycles. The van der Waals surface area contributed by atoms with Crippen molar-refractivity contribution < 1.29 is 54.2 Å². The number of hydrogen-bond donors (Lipinski definition) is 6. The number of rotatable bonds is 16. The molecule has 7 atom stereocenters. The molecule has 5 rings (SSSR count). The Morgan fingerprint density at radius 1 is 1.04 bits per heavy atom. The number of aliphatic carboxylic acids is 1. The number of thioether (sulfide) groups is 1. The van der Waals surface area contributed by atoms with Gasteiger partial charge in [0.15, 0.2) is 17.2 Å². The van der Waals surface area contributed by atoms with Crippen LogP contribution >= 0.6 is 11.8 Å². The quantitative estimate of drug-likeness (QED) is 0.0785. The molecule has 0 spiro atoms. The van der Waals surface area contributed by atoms with Crippen LogP contribution in [0, 0.1) is 11.8 Å². The van der Waals surface area contributed by atoms with E-state index < -0.39 is 87.9 Å². The van der Waals surface area contributed by atoms with Crippen LogP contribution in [0.2, 0.25) is 0 Å². The van der Waals surface area contributed by atoms with Gasteiger partial charge >= 0.3 is 11.9 Å². The minimum atomic E-state index is -2.94. The number of likely N-dealkylation sites (N-methyl/N-ethyl adjacent to an activating group) is 1. The lowest BCUT2D eigenvalue weighted by Gasteiger charge is -2.55. The Morgan fingerprint density at radius 2 is 1.70 bits per heavy atom. The van der Waals surface area contributed by atoms with Crippen LogP contribution in [0.3, 0.4) is 0 Å². The van der Waals surface area contributed by atoms with Gasteiger partial charge < -0.3 is 36.0 Å². The van der Waals surface area contributed by atoms with E-state index in [9.17, 15) is 44.4 Å². The molecule has 0 radical (unpaired) electrons. The monoisotopic (exact) mass is 756 g/mol. The number of unbranched alkanes of at least 4 members (excludes halogenated alkanes) is 4. The molecule has 1 aromatic carbocycles. The van der Waals surface area contributed by atoms with E-state index in [4.69, 9.17) is 15.6 Å². The van der Waals surface area contributed by atoms with Gasteiger partial charge in [-0.2, -0.15) is 11.8 Å². The summed E-state index contributed by atoms with van der Waals surface area (Å²) in [6.07, 6.45) is 5.64. The van der Waals surface area contributed by atoms with Gasteiger partial charge in [-0.3, -0.25) is 28.9 Å². The number of aliphatic hydroxyl groups excluding tert-OH is 2. The van der Waals surface area contributed by atoms with Crippen LogP contribution in [-0.4, -0.2) is 109 Å². The second kappa shape index (κ2) is 16.7. The fraction of sp³-hybridized carbons (Fsp3) is 0.615. The molecule has 4 aliphatic carbocycles. The van der Waals surface area contributed by atoms with E-state index in [-0.39, 0.29) is 29.7 Å². The third kappa shape index (κ3) is 7.65. The van der Waals surface area contributed by atoms with E-state index >= 15 is 0 Å². The molecule has 7 N–H and O–H groups in total. The number of benzene rings is 1. The number of hydrogen-bond acceptors (Lipinski definition) is 13. The van der Waals surface area contributed by atoms with Gasteiger partial charge in [-0.25, -0.2) is 0 Å². The number of carboxylic acids is 1. The Labute approximate surface area is 313 Å². The lowest BCUT2D eigenvalue weighted by Crippen LogP contribution is -2.71. The highest BCUT2D eigenvalue weighted by molar-refractivity contribution is 7.99. The number of phenols is 1. The summed E-state index contributed by atoms with van der Waals surface area (Å²) in [6.45, 7) is 1.58. The zero-order valence-corrected chi connectivity index (χ0v) is 31.4. The zero-order chi connectivity index (χ0) is 38.8. The molecular weight excluding hydrogens is 704 g/mol. The number of ether oxygens (including phenoxy) is 1. The van der Waals surface area contributed by atoms with E-state index in [0.29, 0.717) is 55.1 Å². The Morgan fingerprint density at radius 3 is 2.34 bits per heavy atom. The smallest absolute Gasteiger partial charge is 0.320 e. The SMILES string of the molecule is CCC(=O)O[C@H]1[C@H]2C(=C(O)c3c(O)cccc3[C@@H]2CSC2CCCC2)C(=O)[C@]2(O)C(O)=C(C(=O)CCCCCCCC(N)C(=O)O)C(=O)[C@@H](N(C)C)[C@H]12. The van der Waals surface area contributed by atoms with Crippen LogP contribution in [0.5, 0.6) is 5.75 Å². The second-order valence-electron chi connectivity index (χ2n) is 15.0. The molecule has 0 aromatic heterocycles. The Balaban J connectivity index is 1.56. The number of aromatic hydroxyl groups is 1. The summed E-state index contributed by atoms with van der Waals surface area (Å²) in [5.74, 6) is -9.33. The third-order valence-electron chi connectivity index (χ3n) is 11.4. The van der Waals surface area contributed by atoms with Crippen molar-refractivity contribution in [3.63, 3.8) is 0 Å². The molecule has 1 unspecified atom stereocenters. The maximum Gasteiger partial charge on any atom is 0.320 e. The Hall–Kier alpha value is -3.72. The standard InChI is InChI=1S/C39H52N2O11S/c1-4-26(44)52-35-28-22(19-53-20-13-10-11-14-20)21-15-12-18-24(42)27(21)33(45)30(28)37(48)39(51)31(35)32(41(2)3)34(46)29(36(39)47)25(43)17-9-7-5-6-8-16-23(40)38(49)50/h12,15,18,20,22-23,28,31-32,35,42,45,47,51H,4-11,13-14,16-17,19,40H2,1-3H3,(H,49,50)/t22-,23?,28+,31+,32-,35-,39+/m0/s1. The van der Waals surface area contributed by atoms with Crippen LogP contribution in [0.1, 0.15) is 101 Å². The van der Waals surface area contributed by atoms with E-state index in [1.54, 1.807) is 30.8 Å². The molecule has 0 amide bonds. The minimum absolute atomic E-state index is 0.00694. The van der Waals surface area contributed by atoms with Gasteiger partial charge in [0, 0.05) is 41.3 Å². The lowest BCUT2D eigenvalue weighted by atomic mass is 9.54. The van der Waals surface area contributed by atoms with Crippen molar-refractivity contribution in [2.45, 2.75) is 119 Å². The molecular formula is C39H52N2O11S. The first kappa shape index (κ1) is 40.5. The average Bonchev–Trinajstić information content (AvgIpc) is 3.64. The number of fused-ring (bicyclic) bond motifs is 3. The third-order valence-corrected chi connectivity index (χ3v) is 12.9. The topological polar surface area (TPSA) is 225 Å². The predicted molar refractivity (Wildman–Crippen MR) is 197 cm³/mol. The summed E-state index contributed by atoms with van der Waals surface area (Å²) < 4.78 is 6.09. The summed E-state index contributed by atoms with van der Waals surface area (Å²) in [5, 5.41) is 56.6. The van der Waals surface area contributed by atoms with Gasteiger partial charge in [0.2, 0.25) is 5.78 Å². The predicted octanol–water partition coefficient (Wildman–Crippen LogP) is 4.34. The molecule has 53 heavy (non-hydrogen) atoms. The Kier molecular flexibility index (Phi) is 12.8. The summed E-state index contributed by atoms with van der Waals surface area (Å²) in [6, 6.07) is 2.41. The van der Waals surface area contributed by atoms with Crippen molar-refractivity contribution in [1.82, 2.24) is 4.90 Å². The molecule has 0 heterocycles. The van der Waals surface area contributed by atoms with Crippen LogP contribution in [-0.2, 0) is 28.7 Å². The van der Waals surface area contributed by atoms with Gasteiger partial charge in [-0.1, -0.05) is 57.6 Å². The lowest BCUT2D eigenvalue weighted by molar-refractivity contribution is -0.185. The molecule has 0 aliphatic heterocycles. The van der Waals surface area contributed by atoms with Crippen molar-refractivity contribution in [1.29, 1.82) is 0 Å². The number of carbonyl (C=O) groups excluding carboxylic acids is 4. The second-order valence-corrected chi connectivity index (χ2v) is 16.3. The van der Waals surface area contributed by atoms with E-state index in [2.05, 4.69) is 0 Å². The van der Waals surface area contributed by atoms with Gasteiger partial charge in [-0.05, 0) is 51.4 Å². The van der Waals surface area contributed by atoms with Crippen molar-refractivity contribution in [2.24, 2.45) is 17.6 Å². The fourth-order valence-corrected chi connectivity index (χ4v) is 10.2. The average molecular weight is 757 g/mol. The molecule has 2 fully saturated rings. The number of nitrogens with two attached hydrogens (primary N) is 1. The van der Waals surface area contributed by atoms with Crippen LogP contribution in [0.4, 0.5) is 0 Å². The van der Waals surface area contributed by atoms with Crippen LogP contribution < -0.4 is 5.73 Å². The summed E-state index contributed by atoms with van der Waals surface area (Å²) >= 11 is 1.69. The molecule has 13 nitrogen and oxygen atoms in total. The summed E-state index contributed by atoms with van der Waals surface area (Å²) in [7, 11) is 3.08. The molecule has 1 aromatic rings. The number of esters is 1. The first-order valence-electron chi connectivity index (χ1n) is 18.7. The Bertz CT molecular complexity index is 1680. The van der Waals surface area contributed by atoms with Crippen molar-refractivity contribution >= 4 is 46.8 Å².